The van der Waals surface area contributed by atoms with Crippen molar-refractivity contribution in [2.24, 2.45) is 0 Å². The van der Waals surface area contributed by atoms with E-state index in [0.717, 1.165) is 111 Å². The number of hydrogen-bond donors (Lipinski definition) is 0. The second-order valence-electron chi connectivity index (χ2n) is 15.0. The highest BCUT2D eigenvalue weighted by atomic mass is 16.3. The molecule has 0 unspecified atom stereocenters. The van der Waals surface area contributed by atoms with E-state index < -0.39 is 0 Å². The second kappa shape index (κ2) is 13.7. The highest BCUT2D eigenvalue weighted by molar-refractivity contribution is 6.04. The Kier molecular flexibility index (Phi) is 7.71. The van der Waals surface area contributed by atoms with Crippen LogP contribution in [0.5, 0.6) is 0 Å². The van der Waals surface area contributed by atoms with Crippen molar-refractivity contribution in [3.8, 4) is 33.5 Å². The standard InChI is InChI=1S/C53H32N6O/c1-2-4-52-45(3-1)46-19-22-47(58-53(46)60-52)33-9-15-42(16-10-33)59(43-17-11-36-27-34(5-7-38(36)29-43)40-13-20-48-50(31-40)56-25-23-54-48)44-18-12-37-28-35(6-8-39(37)30-44)41-14-21-49-51(32-41)57-26-24-55-49/h1-32H. The predicted molar refractivity (Wildman–Crippen MR) is 244 cm³/mol. The van der Waals surface area contributed by atoms with Crippen LogP contribution in [0.15, 0.2) is 199 Å². The van der Waals surface area contributed by atoms with E-state index in [1.54, 1.807) is 24.8 Å². The number of fused-ring (bicyclic) bond motifs is 7. The van der Waals surface area contributed by atoms with Crippen LogP contribution in [-0.2, 0) is 0 Å². The third kappa shape index (κ3) is 5.87. The molecule has 12 rings (SSSR count). The summed E-state index contributed by atoms with van der Waals surface area (Å²) >= 11 is 0. The highest BCUT2D eigenvalue weighted by Crippen LogP contribution is 2.40. The number of hydrogen-bond acceptors (Lipinski definition) is 7. The highest BCUT2D eigenvalue weighted by Gasteiger charge is 2.16. The fourth-order valence-corrected chi connectivity index (χ4v) is 8.38. The van der Waals surface area contributed by atoms with Crippen molar-refractivity contribution in [2.45, 2.75) is 0 Å². The molecule has 0 bridgehead atoms. The molecule has 0 aliphatic rings. The van der Waals surface area contributed by atoms with Gasteiger partial charge >= 0.3 is 0 Å². The lowest BCUT2D eigenvalue weighted by Crippen LogP contribution is -2.10. The quantitative estimate of drug-likeness (QED) is 0.167. The van der Waals surface area contributed by atoms with Crippen molar-refractivity contribution in [3.63, 3.8) is 0 Å². The number of benzene rings is 8. The molecular formula is C53H32N6O. The molecule has 0 saturated carbocycles. The Morgan fingerprint density at radius 2 is 0.833 bits per heavy atom. The van der Waals surface area contributed by atoms with Crippen LogP contribution in [0.3, 0.4) is 0 Å². The first kappa shape index (κ1) is 33.8. The van der Waals surface area contributed by atoms with E-state index in [1.165, 1.54) is 0 Å². The van der Waals surface area contributed by atoms with Crippen molar-refractivity contribution in [3.05, 3.63) is 195 Å². The van der Waals surface area contributed by atoms with E-state index in [4.69, 9.17) is 9.40 Å². The van der Waals surface area contributed by atoms with Gasteiger partial charge in [-0.25, -0.2) is 4.98 Å². The Labute approximate surface area is 343 Å². The fraction of sp³-hybridized carbons (Fsp3) is 0. The number of furan rings is 1. The normalized spacial score (nSPS) is 11.7. The zero-order chi connectivity index (χ0) is 39.6. The summed E-state index contributed by atoms with van der Waals surface area (Å²) < 4.78 is 6.13. The van der Waals surface area contributed by atoms with Crippen LogP contribution >= 0.6 is 0 Å². The van der Waals surface area contributed by atoms with Crippen molar-refractivity contribution in [1.82, 2.24) is 24.9 Å². The Morgan fingerprint density at radius 3 is 1.45 bits per heavy atom. The minimum atomic E-state index is 0.640. The van der Waals surface area contributed by atoms with Crippen molar-refractivity contribution in [1.29, 1.82) is 0 Å². The maximum absolute atomic E-state index is 6.13. The molecule has 7 nitrogen and oxygen atoms in total. The van der Waals surface area contributed by atoms with E-state index in [2.05, 4.69) is 164 Å². The Balaban J connectivity index is 0.935. The summed E-state index contributed by atoms with van der Waals surface area (Å²) in [5, 5.41) is 6.69. The fourth-order valence-electron chi connectivity index (χ4n) is 8.38. The van der Waals surface area contributed by atoms with Gasteiger partial charge in [-0.2, -0.15) is 0 Å². The Hall–Kier alpha value is -8.29. The van der Waals surface area contributed by atoms with Crippen molar-refractivity contribution in [2.75, 3.05) is 4.90 Å². The maximum atomic E-state index is 6.13. The zero-order valence-electron chi connectivity index (χ0n) is 32.1. The van der Waals surface area contributed by atoms with Crippen LogP contribution < -0.4 is 4.90 Å². The lowest BCUT2D eigenvalue weighted by Gasteiger charge is -2.26. The average molecular weight is 769 g/mol. The second-order valence-corrected chi connectivity index (χ2v) is 15.0. The molecule has 0 fully saturated rings. The third-order valence-electron chi connectivity index (χ3n) is 11.4. The summed E-state index contributed by atoms with van der Waals surface area (Å²) in [5.74, 6) is 0. The molecular weight excluding hydrogens is 737 g/mol. The molecule has 7 heteroatoms. The summed E-state index contributed by atoms with van der Waals surface area (Å²) in [7, 11) is 0. The maximum Gasteiger partial charge on any atom is 0.227 e. The number of aromatic nitrogens is 5. The van der Waals surface area contributed by atoms with Crippen molar-refractivity contribution >= 4 is 82.7 Å². The summed E-state index contributed by atoms with van der Waals surface area (Å²) in [6.45, 7) is 0. The van der Waals surface area contributed by atoms with Gasteiger partial charge in [0.05, 0.1) is 27.8 Å². The number of anilines is 3. The van der Waals surface area contributed by atoms with Crippen LogP contribution in [0.4, 0.5) is 17.1 Å². The number of nitrogens with zero attached hydrogens (tertiary/aromatic N) is 6. The van der Waals surface area contributed by atoms with E-state index in [1.807, 2.05) is 30.3 Å². The zero-order valence-corrected chi connectivity index (χ0v) is 32.1. The molecule has 0 amide bonds. The lowest BCUT2D eigenvalue weighted by atomic mass is 9.99. The van der Waals surface area contributed by atoms with Gasteiger partial charge in [0, 0.05) is 58.2 Å². The van der Waals surface area contributed by atoms with E-state index in [9.17, 15) is 0 Å². The van der Waals surface area contributed by atoms with Gasteiger partial charge in [0.25, 0.3) is 0 Å². The molecule has 12 aromatic rings. The molecule has 0 aliphatic carbocycles. The Bertz CT molecular complexity index is 3470. The summed E-state index contributed by atoms with van der Waals surface area (Å²) in [6, 6.07) is 60.0. The first-order valence-electron chi connectivity index (χ1n) is 19.9. The lowest BCUT2D eigenvalue weighted by molar-refractivity contribution is 0.654. The monoisotopic (exact) mass is 768 g/mol. The topological polar surface area (TPSA) is 80.8 Å². The molecule has 0 aliphatic heterocycles. The number of para-hydroxylation sites is 1. The smallest absolute Gasteiger partial charge is 0.227 e. The summed E-state index contributed by atoms with van der Waals surface area (Å²) in [5.41, 5.74) is 14.5. The molecule has 4 heterocycles. The summed E-state index contributed by atoms with van der Waals surface area (Å²) in [4.78, 5) is 25.2. The first-order chi connectivity index (χ1) is 29.7. The van der Waals surface area contributed by atoms with Gasteiger partial charge in [0.2, 0.25) is 5.71 Å². The first-order valence-corrected chi connectivity index (χ1v) is 19.9. The van der Waals surface area contributed by atoms with Gasteiger partial charge in [-0.15, -0.1) is 0 Å². The minimum absolute atomic E-state index is 0.640. The van der Waals surface area contributed by atoms with Crippen LogP contribution in [0, 0.1) is 0 Å². The van der Waals surface area contributed by atoms with Gasteiger partial charge < -0.3 is 9.32 Å². The molecule has 280 valence electrons. The average Bonchev–Trinajstić information content (AvgIpc) is 3.69. The van der Waals surface area contributed by atoms with Crippen molar-refractivity contribution < 1.29 is 4.42 Å². The van der Waals surface area contributed by atoms with Crippen LogP contribution in [0.25, 0.3) is 99.2 Å². The predicted octanol–water partition coefficient (Wildman–Crippen LogP) is 13.6. The molecule has 0 spiro atoms. The molecule has 0 atom stereocenters. The minimum Gasteiger partial charge on any atom is -0.438 e. The van der Waals surface area contributed by atoms with Gasteiger partial charge in [-0.3, -0.25) is 19.9 Å². The van der Waals surface area contributed by atoms with Crippen LogP contribution in [-0.4, -0.2) is 24.9 Å². The Morgan fingerprint density at radius 1 is 0.350 bits per heavy atom. The largest absolute Gasteiger partial charge is 0.438 e. The molecule has 60 heavy (non-hydrogen) atoms. The number of pyridine rings is 1. The van der Waals surface area contributed by atoms with Gasteiger partial charge in [-0.05, 0) is 135 Å². The molecule has 4 aromatic heterocycles. The molecule has 0 radical (unpaired) electrons. The van der Waals surface area contributed by atoms with E-state index in [-0.39, 0.29) is 0 Å². The summed E-state index contributed by atoms with van der Waals surface area (Å²) in [6.07, 6.45) is 6.93. The van der Waals surface area contributed by atoms with E-state index in [0.29, 0.717) is 5.71 Å². The van der Waals surface area contributed by atoms with Gasteiger partial charge in [-0.1, -0.05) is 78.9 Å². The van der Waals surface area contributed by atoms with Gasteiger partial charge in [0.1, 0.15) is 5.58 Å². The van der Waals surface area contributed by atoms with Gasteiger partial charge in [0.15, 0.2) is 0 Å². The molecule has 0 saturated heterocycles. The molecule has 0 N–H and O–H groups in total. The van der Waals surface area contributed by atoms with Crippen LogP contribution in [0.2, 0.25) is 0 Å². The number of rotatable bonds is 6. The SMILES string of the molecule is c1ccc2c(c1)oc1nc(-c3ccc(N(c4ccc5cc(-c6ccc7nccnc7c6)ccc5c4)c4ccc5cc(-c6ccc7nccnc7c6)ccc5c4)cc3)ccc12. The molecule has 8 aromatic carbocycles. The van der Waals surface area contributed by atoms with E-state index >= 15 is 0 Å². The third-order valence-corrected chi connectivity index (χ3v) is 11.4. The van der Waals surface area contributed by atoms with Crippen LogP contribution in [0.1, 0.15) is 0 Å².